The highest BCUT2D eigenvalue weighted by Gasteiger charge is 2.15. The smallest absolute Gasteiger partial charge is 0.115 e. The van der Waals surface area contributed by atoms with E-state index in [1.807, 2.05) is 54.6 Å². The number of nitrogens with zero attached hydrogens (tertiary/aromatic N) is 2. The molecule has 5 heterocycles. The SMILES string of the molecule is Cc1ccc(-c2cc3cc4nc(cc5ccc(cc6nc(c(-c7ccc(O)cc7)c2[nH]3)C=C6)[nH]5)C=C4)cc1. The number of aromatic hydroxyl groups is 1. The lowest BCUT2D eigenvalue weighted by Crippen LogP contribution is -1.87. The zero-order valence-corrected chi connectivity index (χ0v) is 20.7. The van der Waals surface area contributed by atoms with Crippen LogP contribution in [0.4, 0.5) is 0 Å². The van der Waals surface area contributed by atoms with Gasteiger partial charge in [-0.05, 0) is 90.9 Å². The first-order chi connectivity index (χ1) is 18.6. The Labute approximate surface area is 219 Å². The predicted molar refractivity (Wildman–Crippen MR) is 156 cm³/mol. The molecule has 0 saturated carbocycles. The number of fused-ring (bicyclic) bond motifs is 8. The van der Waals surface area contributed by atoms with E-state index in [0.29, 0.717) is 0 Å². The molecule has 0 fully saturated rings. The molecule has 5 nitrogen and oxygen atoms in total. The molecule has 0 atom stereocenters. The van der Waals surface area contributed by atoms with Crippen molar-refractivity contribution >= 4 is 46.4 Å². The van der Waals surface area contributed by atoms with Crippen molar-refractivity contribution in [2.45, 2.75) is 6.92 Å². The van der Waals surface area contributed by atoms with Gasteiger partial charge in [-0.2, -0.15) is 0 Å². The van der Waals surface area contributed by atoms with Gasteiger partial charge in [0.1, 0.15) is 5.75 Å². The van der Waals surface area contributed by atoms with Gasteiger partial charge in [-0.3, -0.25) is 0 Å². The van der Waals surface area contributed by atoms with E-state index in [1.54, 1.807) is 12.1 Å². The van der Waals surface area contributed by atoms with Gasteiger partial charge in [0.15, 0.2) is 0 Å². The van der Waals surface area contributed by atoms with Gasteiger partial charge in [0, 0.05) is 27.7 Å². The molecule has 38 heavy (non-hydrogen) atoms. The highest BCUT2D eigenvalue weighted by Crippen LogP contribution is 2.37. The number of phenolic OH excluding ortho intramolecular Hbond substituents is 1. The second-order valence-electron chi connectivity index (χ2n) is 9.65. The molecule has 3 N–H and O–H groups in total. The van der Waals surface area contributed by atoms with E-state index >= 15 is 0 Å². The molecule has 2 aliphatic rings. The Morgan fingerprint density at radius 1 is 0.579 bits per heavy atom. The summed E-state index contributed by atoms with van der Waals surface area (Å²) in [5, 5.41) is 10.0. The second-order valence-corrected chi connectivity index (χ2v) is 9.65. The third kappa shape index (κ3) is 4.10. The molecule has 8 bridgehead atoms. The van der Waals surface area contributed by atoms with Crippen LogP contribution in [0.3, 0.4) is 0 Å². The van der Waals surface area contributed by atoms with E-state index in [0.717, 1.165) is 67.1 Å². The van der Waals surface area contributed by atoms with Crippen LogP contribution in [0.5, 0.6) is 5.75 Å². The van der Waals surface area contributed by atoms with E-state index in [4.69, 9.17) is 9.97 Å². The summed E-state index contributed by atoms with van der Waals surface area (Å²) >= 11 is 0. The third-order valence-electron chi connectivity index (χ3n) is 6.85. The lowest BCUT2D eigenvalue weighted by Gasteiger charge is -2.07. The van der Waals surface area contributed by atoms with Crippen LogP contribution in [0, 0.1) is 6.92 Å². The lowest BCUT2D eigenvalue weighted by atomic mass is 9.98. The molecule has 2 aliphatic heterocycles. The summed E-state index contributed by atoms with van der Waals surface area (Å²) in [6.45, 7) is 2.09. The van der Waals surface area contributed by atoms with Crippen molar-refractivity contribution in [1.82, 2.24) is 19.9 Å². The Balaban J connectivity index is 1.64. The van der Waals surface area contributed by atoms with Crippen molar-refractivity contribution in [1.29, 1.82) is 0 Å². The first-order valence-electron chi connectivity index (χ1n) is 12.6. The Bertz CT molecular complexity index is 1920. The molecule has 0 unspecified atom stereocenters. The second kappa shape index (κ2) is 8.75. The highest BCUT2D eigenvalue weighted by atomic mass is 16.3. The Morgan fingerprint density at radius 2 is 1.18 bits per heavy atom. The zero-order valence-electron chi connectivity index (χ0n) is 20.7. The van der Waals surface area contributed by atoms with Gasteiger partial charge in [-0.15, -0.1) is 0 Å². The Kier molecular flexibility index (Phi) is 5.08. The van der Waals surface area contributed by atoms with Crippen molar-refractivity contribution in [2.24, 2.45) is 0 Å². The minimum absolute atomic E-state index is 0.226. The molecule has 0 amide bonds. The molecule has 5 heteroatoms. The lowest BCUT2D eigenvalue weighted by molar-refractivity contribution is 0.475. The van der Waals surface area contributed by atoms with E-state index in [1.165, 1.54) is 5.56 Å². The van der Waals surface area contributed by atoms with Crippen LogP contribution < -0.4 is 0 Å². The highest BCUT2D eigenvalue weighted by molar-refractivity contribution is 5.99. The molecule has 3 aromatic heterocycles. The monoisotopic (exact) mass is 492 g/mol. The zero-order chi connectivity index (χ0) is 25.6. The Morgan fingerprint density at radius 3 is 1.89 bits per heavy atom. The maximum atomic E-state index is 10.0. The quantitative estimate of drug-likeness (QED) is 0.229. The number of nitrogens with one attached hydrogen (secondary N) is 2. The molecule has 2 aromatic carbocycles. The van der Waals surface area contributed by atoms with Crippen molar-refractivity contribution < 1.29 is 5.11 Å². The standard InChI is InChI=1S/C33H24N4O/c1-20-2-4-21(5-3-20)30-19-28-18-26-11-10-24(35-26)16-23-8-9-25(34-23)17-27-12-15-31(36-27)32(33(30)37-28)22-6-13-29(38)14-7-22/h2-19,34,37-38H,1H3. The molecule has 7 rings (SSSR count). The summed E-state index contributed by atoms with van der Waals surface area (Å²) in [5.74, 6) is 0.226. The van der Waals surface area contributed by atoms with Gasteiger partial charge in [-0.25, -0.2) is 9.97 Å². The maximum absolute atomic E-state index is 10.0. The van der Waals surface area contributed by atoms with Crippen molar-refractivity contribution in [3.05, 3.63) is 113 Å². The summed E-state index contributed by atoms with van der Waals surface area (Å²) < 4.78 is 0. The van der Waals surface area contributed by atoms with Gasteiger partial charge >= 0.3 is 0 Å². The summed E-state index contributed by atoms with van der Waals surface area (Å²) in [5.41, 5.74) is 12.7. The average Bonchev–Trinajstić information content (AvgIpc) is 3.71. The molecule has 182 valence electrons. The van der Waals surface area contributed by atoms with E-state index in [2.05, 4.69) is 59.4 Å². The van der Waals surface area contributed by atoms with Crippen molar-refractivity contribution in [3.63, 3.8) is 0 Å². The third-order valence-corrected chi connectivity index (χ3v) is 6.85. The van der Waals surface area contributed by atoms with E-state index < -0.39 is 0 Å². The largest absolute Gasteiger partial charge is 0.508 e. The van der Waals surface area contributed by atoms with Gasteiger partial charge in [0.2, 0.25) is 0 Å². The van der Waals surface area contributed by atoms with Gasteiger partial charge in [0.25, 0.3) is 0 Å². The van der Waals surface area contributed by atoms with Crippen molar-refractivity contribution in [3.8, 4) is 28.0 Å². The van der Waals surface area contributed by atoms with Gasteiger partial charge in [-0.1, -0.05) is 42.0 Å². The number of aromatic nitrogens is 4. The first kappa shape index (κ1) is 22.1. The molecule has 0 saturated heterocycles. The fraction of sp³-hybridized carbons (Fsp3) is 0.0303. The van der Waals surface area contributed by atoms with Crippen LogP contribution in [-0.2, 0) is 0 Å². The molecule has 0 aliphatic carbocycles. The minimum Gasteiger partial charge on any atom is -0.508 e. The number of phenols is 1. The normalized spacial score (nSPS) is 12.2. The van der Waals surface area contributed by atoms with Crippen LogP contribution >= 0.6 is 0 Å². The summed E-state index contributed by atoms with van der Waals surface area (Å²) in [4.78, 5) is 16.9. The summed E-state index contributed by atoms with van der Waals surface area (Å²) in [6, 6.07) is 28.3. The first-order valence-corrected chi connectivity index (χ1v) is 12.6. The van der Waals surface area contributed by atoms with Crippen LogP contribution in [0.1, 0.15) is 28.3 Å². The van der Waals surface area contributed by atoms with Gasteiger partial charge in [0.05, 0.1) is 28.3 Å². The number of rotatable bonds is 2. The maximum Gasteiger partial charge on any atom is 0.115 e. The number of hydrogen-bond acceptors (Lipinski definition) is 3. The summed E-state index contributed by atoms with van der Waals surface area (Å²) in [7, 11) is 0. The van der Waals surface area contributed by atoms with E-state index in [9.17, 15) is 5.11 Å². The van der Waals surface area contributed by atoms with E-state index in [-0.39, 0.29) is 5.75 Å². The number of H-pyrrole nitrogens is 2. The van der Waals surface area contributed by atoms with Crippen LogP contribution in [-0.4, -0.2) is 25.0 Å². The number of benzene rings is 2. The topological polar surface area (TPSA) is 77.6 Å². The fourth-order valence-corrected chi connectivity index (χ4v) is 4.99. The molecular formula is C33H24N4O. The van der Waals surface area contributed by atoms with Crippen molar-refractivity contribution in [2.75, 3.05) is 0 Å². The fourth-order valence-electron chi connectivity index (χ4n) is 4.99. The van der Waals surface area contributed by atoms with Crippen LogP contribution in [0.15, 0.2) is 84.9 Å². The van der Waals surface area contributed by atoms with Crippen LogP contribution in [0.25, 0.3) is 68.6 Å². The molecule has 0 spiro atoms. The predicted octanol–water partition coefficient (Wildman–Crippen LogP) is 8.00. The molecule has 0 radical (unpaired) electrons. The molecule has 5 aromatic rings. The Hall–Kier alpha value is -5.16. The summed E-state index contributed by atoms with van der Waals surface area (Å²) in [6.07, 6.45) is 8.14. The van der Waals surface area contributed by atoms with Crippen LogP contribution in [0.2, 0.25) is 0 Å². The average molecular weight is 493 g/mol. The number of hydrogen-bond donors (Lipinski definition) is 3. The number of aromatic amines is 2. The van der Waals surface area contributed by atoms with Gasteiger partial charge < -0.3 is 15.1 Å². The minimum atomic E-state index is 0.226. The number of aryl methyl sites for hydroxylation is 1. The molecular weight excluding hydrogens is 468 g/mol.